The summed E-state index contributed by atoms with van der Waals surface area (Å²) in [5, 5.41) is 8.83. The first-order valence-electron chi connectivity index (χ1n) is 5.61. The molecular weight excluding hydrogens is 210 g/mol. The van der Waals surface area contributed by atoms with E-state index in [-0.39, 0.29) is 12.5 Å². The summed E-state index contributed by atoms with van der Waals surface area (Å²) in [7, 11) is 0. The van der Waals surface area contributed by atoms with Crippen LogP contribution in [-0.4, -0.2) is 42.5 Å². The number of carboxylic acids is 1. The highest BCUT2D eigenvalue weighted by atomic mass is 16.5. The molecule has 0 aromatic rings. The average Bonchev–Trinajstić information content (AvgIpc) is 2.16. The molecule has 0 fully saturated rings. The molecule has 2 unspecified atom stereocenters. The van der Waals surface area contributed by atoms with Crippen molar-refractivity contribution in [3.8, 4) is 0 Å². The van der Waals surface area contributed by atoms with Gasteiger partial charge in [0.05, 0.1) is 19.3 Å². The SMILES string of the molecule is CCCOCCOC(C)CC(C)(N)C(=O)O. The molecule has 0 aromatic heterocycles. The largest absolute Gasteiger partial charge is 0.480 e. The van der Waals surface area contributed by atoms with Gasteiger partial charge in [-0.05, 0) is 20.3 Å². The maximum atomic E-state index is 10.8. The molecule has 2 atom stereocenters. The van der Waals surface area contributed by atoms with Gasteiger partial charge >= 0.3 is 5.97 Å². The third-order valence-corrected chi connectivity index (χ3v) is 2.18. The van der Waals surface area contributed by atoms with Crippen LogP contribution in [0.3, 0.4) is 0 Å². The van der Waals surface area contributed by atoms with Gasteiger partial charge in [0.15, 0.2) is 0 Å². The Bertz CT molecular complexity index is 206. The Morgan fingerprint density at radius 3 is 2.56 bits per heavy atom. The van der Waals surface area contributed by atoms with Crippen LogP contribution in [0.2, 0.25) is 0 Å². The molecule has 0 saturated carbocycles. The van der Waals surface area contributed by atoms with Gasteiger partial charge in [-0.2, -0.15) is 0 Å². The van der Waals surface area contributed by atoms with Crippen molar-refractivity contribution in [2.24, 2.45) is 5.73 Å². The lowest BCUT2D eigenvalue weighted by Crippen LogP contribution is -2.47. The van der Waals surface area contributed by atoms with Gasteiger partial charge in [0.1, 0.15) is 5.54 Å². The molecule has 0 saturated heterocycles. The molecule has 5 heteroatoms. The minimum absolute atomic E-state index is 0.184. The van der Waals surface area contributed by atoms with Gasteiger partial charge in [-0.3, -0.25) is 4.79 Å². The summed E-state index contributed by atoms with van der Waals surface area (Å²) in [6.07, 6.45) is 1.09. The Kier molecular flexibility index (Phi) is 7.29. The van der Waals surface area contributed by atoms with Crippen LogP contribution in [0, 0.1) is 0 Å². The van der Waals surface area contributed by atoms with E-state index in [9.17, 15) is 4.79 Å². The summed E-state index contributed by atoms with van der Waals surface area (Å²) in [5.41, 5.74) is 4.37. The molecule has 0 aromatic carbocycles. The van der Waals surface area contributed by atoms with E-state index in [0.717, 1.165) is 13.0 Å². The van der Waals surface area contributed by atoms with Crippen molar-refractivity contribution in [1.82, 2.24) is 0 Å². The number of hydrogen-bond acceptors (Lipinski definition) is 4. The lowest BCUT2D eigenvalue weighted by Gasteiger charge is -2.23. The molecule has 0 aliphatic rings. The fourth-order valence-corrected chi connectivity index (χ4v) is 1.30. The number of hydrogen-bond donors (Lipinski definition) is 2. The van der Waals surface area contributed by atoms with Crippen LogP contribution in [0.1, 0.15) is 33.6 Å². The van der Waals surface area contributed by atoms with E-state index in [1.807, 2.05) is 13.8 Å². The lowest BCUT2D eigenvalue weighted by molar-refractivity contribution is -0.144. The molecule has 16 heavy (non-hydrogen) atoms. The molecule has 0 heterocycles. The quantitative estimate of drug-likeness (QED) is 0.581. The van der Waals surface area contributed by atoms with Gasteiger partial charge in [0.25, 0.3) is 0 Å². The molecule has 0 bridgehead atoms. The van der Waals surface area contributed by atoms with Crippen LogP contribution in [0.15, 0.2) is 0 Å². The highest BCUT2D eigenvalue weighted by molar-refractivity contribution is 5.77. The van der Waals surface area contributed by atoms with Gasteiger partial charge in [-0.25, -0.2) is 0 Å². The fourth-order valence-electron chi connectivity index (χ4n) is 1.30. The summed E-state index contributed by atoms with van der Waals surface area (Å²) in [6.45, 7) is 7.07. The van der Waals surface area contributed by atoms with Crippen molar-refractivity contribution in [2.45, 2.75) is 45.3 Å². The lowest BCUT2D eigenvalue weighted by atomic mass is 9.96. The number of carbonyl (C=O) groups is 1. The molecule has 0 aliphatic heterocycles. The van der Waals surface area contributed by atoms with Crippen LogP contribution in [-0.2, 0) is 14.3 Å². The maximum absolute atomic E-state index is 10.8. The zero-order chi connectivity index (χ0) is 12.6. The van der Waals surface area contributed by atoms with Crippen LogP contribution in [0.5, 0.6) is 0 Å². The minimum Gasteiger partial charge on any atom is -0.480 e. The van der Waals surface area contributed by atoms with Crippen molar-refractivity contribution >= 4 is 5.97 Å². The van der Waals surface area contributed by atoms with E-state index in [1.165, 1.54) is 6.92 Å². The topological polar surface area (TPSA) is 81.8 Å². The summed E-state index contributed by atoms with van der Waals surface area (Å²) in [6, 6.07) is 0. The van der Waals surface area contributed by atoms with Crippen molar-refractivity contribution < 1.29 is 19.4 Å². The molecule has 0 spiro atoms. The van der Waals surface area contributed by atoms with Crippen molar-refractivity contribution in [3.63, 3.8) is 0 Å². The molecule has 0 amide bonds. The molecule has 5 nitrogen and oxygen atoms in total. The van der Waals surface area contributed by atoms with Gasteiger partial charge in [0.2, 0.25) is 0 Å². The van der Waals surface area contributed by atoms with Crippen LogP contribution < -0.4 is 5.73 Å². The predicted molar refractivity (Wildman–Crippen MR) is 61.4 cm³/mol. The Balaban J connectivity index is 3.66. The second kappa shape index (κ2) is 7.60. The zero-order valence-electron chi connectivity index (χ0n) is 10.4. The predicted octanol–water partition coefficient (Wildman–Crippen LogP) is 1.01. The van der Waals surface area contributed by atoms with Gasteiger partial charge in [0, 0.05) is 13.0 Å². The zero-order valence-corrected chi connectivity index (χ0v) is 10.4. The smallest absolute Gasteiger partial charge is 0.323 e. The van der Waals surface area contributed by atoms with Crippen molar-refractivity contribution in [3.05, 3.63) is 0 Å². The number of rotatable bonds is 9. The molecular formula is C11H23NO4. The van der Waals surface area contributed by atoms with E-state index in [2.05, 4.69) is 0 Å². The average molecular weight is 233 g/mol. The van der Waals surface area contributed by atoms with E-state index < -0.39 is 11.5 Å². The Labute approximate surface area is 96.9 Å². The number of carboxylic acid groups (broad SMARTS) is 1. The number of nitrogens with two attached hydrogens (primary N) is 1. The van der Waals surface area contributed by atoms with Gasteiger partial charge in [-0.15, -0.1) is 0 Å². The van der Waals surface area contributed by atoms with Crippen molar-refractivity contribution in [1.29, 1.82) is 0 Å². The normalized spacial score (nSPS) is 16.8. The van der Waals surface area contributed by atoms with E-state index in [4.69, 9.17) is 20.3 Å². The van der Waals surface area contributed by atoms with E-state index in [0.29, 0.717) is 13.2 Å². The Morgan fingerprint density at radius 1 is 1.44 bits per heavy atom. The monoisotopic (exact) mass is 233 g/mol. The highest BCUT2D eigenvalue weighted by Gasteiger charge is 2.30. The Hall–Kier alpha value is -0.650. The van der Waals surface area contributed by atoms with Crippen LogP contribution in [0.25, 0.3) is 0 Å². The first kappa shape index (κ1) is 15.3. The van der Waals surface area contributed by atoms with Crippen molar-refractivity contribution in [2.75, 3.05) is 19.8 Å². The van der Waals surface area contributed by atoms with Crippen LogP contribution >= 0.6 is 0 Å². The van der Waals surface area contributed by atoms with Crippen LogP contribution in [0.4, 0.5) is 0 Å². The summed E-state index contributed by atoms with van der Waals surface area (Å²) in [4.78, 5) is 10.8. The second-order valence-corrected chi connectivity index (χ2v) is 4.22. The fraction of sp³-hybridized carbons (Fsp3) is 0.909. The Morgan fingerprint density at radius 2 is 2.06 bits per heavy atom. The molecule has 0 rings (SSSR count). The second-order valence-electron chi connectivity index (χ2n) is 4.22. The summed E-state index contributed by atoms with van der Waals surface area (Å²) in [5.74, 6) is -1.01. The summed E-state index contributed by atoms with van der Waals surface area (Å²) < 4.78 is 10.6. The van der Waals surface area contributed by atoms with E-state index in [1.54, 1.807) is 0 Å². The highest BCUT2D eigenvalue weighted by Crippen LogP contribution is 2.11. The maximum Gasteiger partial charge on any atom is 0.323 e. The first-order chi connectivity index (χ1) is 7.40. The molecule has 0 radical (unpaired) electrons. The number of ether oxygens (including phenoxy) is 2. The third-order valence-electron chi connectivity index (χ3n) is 2.18. The third kappa shape index (κ3) is 6.76. The summed E-state index contributed by atoms with van der Waals surface area (Å²) >= 11 is 0. The minimum atomic E-state index is -1.23. The molecule has 0 aliphatic carbocycles. The number of aliphatic carboxylic acids is 1. The standard InChI is InChI=1S/C11H23NO4/c1-4-5-15-6-7-16-9(2)8-11(3,12)10(13)14/h9H,4-8,12H2,1-3H3,(H,13,14). The molecule has 3 N–H and O–H groups in total. The van der Waals surface area contributed by atoms with Gasteiger partial charge < -0.3 is 20.3 Å². The van der Waals surface area contributed by atoms with Gasteiger partial charge in [-0.1, -0.05) is 6.92 Å². The first-order valence-corrected chi connectivity index (χ1v) is 5.61. The van der Waals surface area contributed by atoms with E-state index >= 15 is 0 Å². The molecule has 96 valence electrons.